The summed E-state index contributed by atoms with van der Waals surface area (Å²) in [7, 11) is 0. The fraction of sp³-hybridized carbons (Fsp3) is 0.769. The van der Waals surface area contributed by atoms with Crippen LogP contribution < -0.4 is 0 Å². The quantitative estimate of drug-likeness (QED) is 0.756. The van der Waals surface area contributed by atoms with E-state index in [1.807, 2.05) is 0 Å². The first-order valence-electron chi connectivity index (χ1n) is 6.66. The van der Waals surface area contributed by atoms with Gasteiger partial charge in [0, 0.05) is 13.0 Å². The molecule has 1 saturated heterocycles. The molecule has 106 valence electrons. The van der Waals surface area contributed by atoms with Gasteiger partial charge in [0.2, 0.25) is 5.89 Å². The highest BCUT2D eigenvalue weighted by atomic mass is 16.5. The van der Waals surface area contributed by atoms with Crippen molar-refractivity contribution in [3.05, 3.63) is 11.7 Å². The average Bonchev–Trinajstić information content (AvgIpc) is 3.01. The number of hydrogen-bond acceptors (Lipinski definition) is 6. The standard InChI is InChI=1S/C13H20N2O4/c1-4-17-12(16)13(2,3)11-14-10(15-19-11)8-9-6-5-7-18-9/h9H,4-8H2,1-3H3. The van der Waals surface area contributed by atoms with Crippen molar-refractivity contribution in [3.63, 3.8) is 0 Å². The van der Waals surface area contributed by atoms with E-state index in [2.05, 4.69) is 10.1 Å². The third-order valence-corrected chi connectivity index (χ3v) is 3.22. The second-order valence-corrected chi connectivity index (χ2v) is 5.20. The first-order valence-corrected chi connectivity index (χ1v) is 6.66. The molecule has 0 spiro atoms. The van der Waals surface area contributed by atoms with Crippen molar-refractivity contribution in [1.82, 2.24) is 10.1 Å². The van der Waals surface area contributed by atoms with Crippen molar-refractivity contribution in [3.8, 4) is 0 Å². The smallest absolute Gasteiger partial charge is 0.321 e. The lowest BCUT2D eigenvalue weighted by atomic mass is 9.94. The summed E-state index contributed by atoms with van der Waals surface area (Å²) in [5, 5.41) is 3.91. The number of carbonyl (C=O) groups excluding carboxylic acids is 1. The zero-order chi connectivity index (χ0) is 13.9. The van der Waals surface area contributed by atoms with Crippen molar-refractivity contribution >= 4 is 5.97 Å². The highest BCUT2D eigenvalue weighted by Crippen LogP contribution is 2.24. The molecule has 0 aromatic carbocycles. The van der Waals surface area contributed by atoms with Crippen LogP contribution in [0.15, 0.2) is 4.52 Å². The van der Waals surface area contributed by atoms with Gasteiger partial charge in [0.25, 0.3) is 0 Å². The van der Waals surface area contributed by atoms with Gasteiger partial charge in [0.05, 0.1) is 12.7 Å². The molecule has 0 saturated carbocycles. The van der Waals surface area contributed by atoms with Crippen LogP contribution in [-0.2, 0) is 26.1 Å². The minimum absolute atomic E-state index is 0.163. The summed E-state index contributed by atoms with van der Waals surface area (Å²) in [4.78, 5) is 16.1. The number of nitrogens with zero attached hydrogens (tertiary/aromatic N) is 2. The number of carbonyl (C=O) groups is 1. The van der Waals surface area contributed by atoms with Gasteiger partial charge in [0.1, 0.15) is 5.41 Å². The van der Waals surface area contributed by atoms with E-state index in [9.17, 15) is 4.79 Å². The van der Waals surface area contributed by atoms with Crippen LogP contribution in [0, 0.1) is 0 Å². The van der Waals surface area contributed by atoms with Crippen LogP contribution in [0.1, 0.15) is 45.3 Å². The fourth-order valence-corrected chi connectivity index (χ4v) is 2.00. The van der Waals surface area contributed by atoms with E-state index in [-0.39, 0.29) is 12.1 Å². The third kappa shape index (κ3) is 3.12. The molecule has 0 aliphatic carbocycles. The van der Waals surface area contributed by atoms with Crippen molar-refractivity contribution in [1.29, 1.82) is 0 Å². The number of aromatic nitrogens is 2. The molecule has 0 amide bonds. The summed E-state index contributed by atoms with van der Waals surface area (Å²) >= 11 is 0. The lowest BCUT2D eigenvalue weighted by Crippen LogP contribution is -2.31. The Morgan fingerprint density at radius 2 is 2.32 bits per heavy atom. The van der Waals surface area contributed by atoms with Crippen LogP contribution in [0.25, 0.3) is 0 Å². The minimum atomic E-state index is -0.919. The van der Waals surface area contributed by atoms with Gasteiger partial charge >= 0.3 is 5.97 Å². The van der Waals surface area contributed by atoms with E-state index >= 15 is 0 Å². The molecular weight excluding hydrogens is 248 g/mol. The van der Waals surface area contributed by atoms with Gasteiger partial charge in [-0.25, -0.2) is 0 Å². The monoisotopic (exact) mass is 268 g/mol. The van der Waals surface area contributed by atoms with Crippen LogP contribution in [0.4, 0.5) is 0 Å². The molecule has 1 aromatic heterocycles. The Bertz CT molecular complexity index is 436. The van der Waals surface area contributed by atoms with Crippen molar-refractivity contribution in [2.75, 3.05) is 13.2 Å². The second kappa shape index (κ2) is 5.69. The van der Waals surface area contributed by atoms with Crippen LogP contribution in [0.2, 0.25) is 0 Å². The molecule has 1 aliphatic heterocycles. The van der Waals surface area contributed by atoms with Gasteiger partial charge in [-0.2, -0.15) is 4.98 Å². The normalized spacial score (nSPS) is 19.6. The second-order valence-electron chi connectivity index (χ2n) is 5.20. The number of hydrogen-bond donors (Lipinski definition) is 0. The van der Waals surface area contributed by atoms with Crippen molar-refractivity contribution in [2.24, 2.45) is 0 Å². The van der Waals surface area contributed by atoms with Crippen LogP contribution in [0.3, 0.4) is 0 Å². The molecule has 19 heavy (non-hydrogen) atoms. The highest BCUT2D eigenvalue weighted by Gasteiger charge is 2.37. The molecule has 1 aliphatic rings. The van der Waals surface area contributed by atoms with Gasteiger partial charge in [-0.15, -0.1) is 0 Å². The summed E-state index contributed by atoms with van der Waals surface area (Å²) in [6.07, 6.45) is 2.88. The molecular formula is C13H20N2O4. The maximum Gasteiger partial charge on any atom is 0.321 e. The van der Waals surface area contributed by atoms with E-state index < -0.39 is 5.41 Å². The van der Waals surface area contributed by atoms with E-state index in [4.69, 9.17) is 14.0 Å². The summed E-state index contributed by atoms with van der Waals surface area (Å²) in [5.74, 6) is 0.514. The molecule has 1 atom stereocenters. The van der Waals surface area contributed by atoms with Gasteiger partial charge in [0.15, 0.2) is 5.82 Å². The van der Waals surface area contributed by atoms with Gasteiger partial charge < -0.3 is 14.0 Å². The van der Waals surface area contributed by atoms with Gasteiger partial charge in [-0.05, 0) is 33.6 Å². The Morgan fingerprint density at radius 1 is 1.53 bits per heavy atom. The Hall–Kier alpha value is -1.43. The molecule has 1 fully saturated rings. The summed E-state index contributed by atoms with van der Waals surface area (Å²) in [5.41, 5.74) is -0.919. The topological polar surface area (TPSA) is 74.5 Å². The fourth-order valence-electron chi connectivity index (χ4n) is 2.00. The number of esters is 1. The molecule has 6 nitrogen and oxygen atoms in total. The van der Waals surface area contributed by atoms with Crippen LogP contribution >= 0.6 is 0 Å². The maximum atomic E-state index is 11.8. The first-order chi connectivity index (χ1) is 9.04. The Morgan fingerprint density at radius 3 is 2.95 bits per heavy atom. The highest BCUT2D eigenvalue weighted by molar-refractivity contribution is 5.80. The molecule has 2 rings (SSSR count). The molecule has 1 aromatic rings. The van der Waals surface area contributed by atoms with Crippen LogP contribution in [0.5, 0.6) is 0 Å². The SMILES string of the molecule is CCOC(=O)C(C)(C)c1nc(CC2CCCO2)no1. The molecule has 0 radical (unpaired) electrons. The van der Waals surface area contributed by atoms with Crippen molar-refractivity contribution in [2.45, 2.75) is 51.6 Å². The van der Waals surface area contributed by atoms with Gasteiger partial charge in [-0.1, -0.05) is 5.16 Å². The maximum absolute atomic E-state index is 11.8. The van der Waals surface area contributed by atoms with E-state index in [1.165, 1.54) is 0 Å². The lowest BCUT2D eigenvalue weighted by Gasteiger charge is -2.17. The zero-order valence-electron chi connectivity index (χ0n) is 11.6. The largest absolute Gasteiger partial charge is 0.465 e. The summed E-state index contributed by atoms with van der Waals surface area (Å²) in [6.45, 7) is 6.33. The van der Waals surface area contributed by atoms with E-state index in [0.717, 1.165) is 19.4 Å². The predicted molar refractivity (Wildman–Crippen MR) is 66.6 cm³/mol. The average molecular weight is 268 g/mol. The van der Waals surface area contributed by atoms with Crippen LogP contribution in [-0.4, -0.2) is 35.4 Å². The molecule has 1 unspecified atom stereocenters. The number of ether oxygens (including phenoxy) is 2. The Labute approximate surface area is 112 Å². The summed E-state index contributed by atoms with van der Waals surface area (Å²) < 4.78 is 15.7. The van der Waals surface area contributed by atoms with E-state index in [1.54, 1.807) is 20.8 Å². The van der Waals surface area contributed by atoms with Crippen molar-refractivity contribution < 1.29 is 18.8 Å². The number of rotatable bonds is 5. The Kier molecular flexibility index (Phi) is 4.19. The lowest BCUT2D eigenvalue weighted by molar-refractivity contribution is -0.149. The molecule has 0 N–H and O–H groups in total. The zero-order valence-corrected chi connectivity index (χ0v) is 11.6. The third-order valence-electron chi connectivity index (χ3n) is 3.22. The van der Waals surface area contributed by atoms with Gasteiger partial charge in [-0.3, -0.25) is 4.79 Å². The molecule has 2 heterocycles. The molecule has 0 bridgehead atoms. The predicted octanol–water partition coefficient (Wildman–Crippen LogP) is 1.63. The molecule has 6 heteroatoms. The first kappa shape index (κ1) is 14.0. The summed E-state index contributed by atoms with van der Waals surface area (Å²) in [6, 6.07) is 0. The van der Waals surface area contributed by atoms with E-state index in [0.29, 0.717) is 24.7 Å². The minimum Gasteiger partial charge on any atom is -0.465 e. The Balaban J connectivity index is 2.04.